The average molecular weight is 330 g/mol. The number of rotatable bonds is 7. The lowest BCUT2D eigenvalue weighted by Crippen LogP contribution is -2.20. The highest BCUT2D eigenvalue weighted by Crippen LogP contribution is 2.22. The first kappa shape index (κ1) is 16.6. The molecule has 1 fully saturated rings. The molecule has 0 saturated carbocycles. The summed E-state index contributed by atoms with van der Waals surface area (Å²) in [7, 11) is 0. The summed E-state index contributed by atoms with van der Waals surface area (Å²) in [6.45, 7) is 7.51. The molecule has 0 N–H and O–H groups in total. The van der Waals surface area contributed by atoms with E-state index >= 15 is 0 Å². The summed E-state index contributed by atoms with van der Waals surface area (Å²) in [6, 6.07) is 8.44. The molecule has 1 aliphatic heterocycles. The largest absolute Gasteiger partial charge is 0.478 e. The molecule has 0 atom stereocenters. The number of aryl methyl sites for hydroxylation is 2. The molecule has 0 aliphatic carbocycles. The molecule has 1 saturated heterocycles. The molecule has 0 unspecified atom stereocenters. The van der Waals surface area contributed by atoms with Gasteiger partial charge in [0.2, 0.25) is 5.88 Å². The Hall–Kier alpha value is -1.26. The monoisotopic (exact) mass is 330 g/mol. The van der Waals surface area contributed by atoms with Gasteiger partial charge in [-0.15, -0.1) is 11.8 Å². The van der Waals surface area contributed by atoms with Crippen LogP contribution in [0.2, 0.25) is 0 Å². The van der Waals surface area contributed by atoms with Gasteiger partial charge in [-0.1, -0.05) is 11.6 Å². The van der Waals surface area contributed by atoms with Crippen molar-refractivity contribution in [2.75, 3.05) is 31.3 Å². The lowest BCUT2D eigenvalue weighted by molar-refractivity contribution is 0.285. The van der Waals surface area contributed by atoms with Crippen LogP contribution in [0.3, 0.4) is 0 Å². The fraction of sp³-hybridized carbons (Fsp3) is 0.526. The van der Waals surface area contributed by atoms with Crippen molar-refractivity contribution >= 4 is 22.7 Å². The van der Waals surface area contributed by atoms with E-state index in [1.807, 2.05) is 11.8 Å². The second kappa shape index (κ2) is 8.02. The van der Waals surface area contributed by atoms with Gasteiger partial charge < -0.3 is 4.74 Å². The summed E-state index contributed by atoms with van der Waals surface area (Å²) in [5.74, 6) is 3.28. The number of nitrogens with zero attached hydrogens (tertiary/aromatic N) is 2. The summed E-state index contributed by atoms with van der Waals surface area (Å²) in [6.07, 6.45) is 3.61. The van der Waals surface area contributed by atoms with Crippen molar-refractivity contribution in [1.82, 2.24) is 9.88 Å². The fourth-order valence-corrected chi connectivity index (χ4v) is 4.00. The van der Waals surface area contributed by atoms with Crippen LogP contribution < -0.4 is 4.74 Å². The Labute approximate surface area is 143 Å². The Morgan fingerprint density at radius 1 is 1.17 bits per heavy atom. The molecule has 23 heavy (non-hydrogen) atoms. The second-order valence-electron chi connectivity index (χ2n) is 6.36. The van der Waals surface area contributed by atoms with E-state index in [4.69, 9.17) is 4.74 Å². The topological polar surface area (TPSA) is 25.4 Å². The van der Waals surface area contributed by atoms with Crippen LogP contribution in [0, 0.1) is 13.8 Å². The first-order valence-electron chi connectivity index (χ1n) is 8.53. The van der Waals surface area contributed by atoms with Gasteiger partial charge in [0.1, 0.15) is 0 Å². The van der Waals surface area contributed by atoms with Crippen molar-refractivity contribution in [3.8, 4) is 5.88 Å². The molecule has 1 aromatic carbocycles. The molecule has 0 spiro atoms. The lowest BCUT2D eigenvalue weighted by Gasteiger charge is -2.13. The zero-order valence-electron chi connectivity index (χ0n) is 14.2. The van der Waals surface area contributed by atoms with Crippen molar-refractivity contribution in [2.24, 2.45) is 0 Å². The van der Waals surface area contributed by atoms with Crippen LogP contribution in [0.1, 0.15) is 30.4 Å². The number of hydrogen-bond acceptors (Lipinski definition) is 4. The Bertz CT molecular complexity index is 653. The van der Waals surface area contributed by atoms with E-state index in [9.17, 15) is 0 Å². The predicted octanol–water partition coefficient (Wildman–Crippen LogP) is 4.41. The number of ether oxygens (including phenoxy) is 1. The molecular formula is C19H26N2OS. The third-order valence-corrected chi connectivity index (χ3v) is 5.36. The Morgan fingerprint density at radius 3 is 2.91 bits per heavy atom. The molecule has 124 valence electrons. The number of fused-ring (bicyclic) bond motifs is 1. The Kier molecular flexibility index (Phi) is 5.79. The van der Waals surface area contributed by atoms with E-state index in [0.717, 1.165) is 24.4 Å². The number of benzene rings is 1. The maximum atomic E-state index is 5.87. The van der Waals surface area contributed by atoms with E-state index in [1.165, 1.54) is 54.1 Å². The number of aromatic nitrogens is 1. The number of hydrogen-bond donors (Lipinski definition) is 0. The molecule has 1 aromatic heterocycles. The summed E-state index contributed by atoms with van der Waals surface area (Å²) in [5.41, 5.74) is 3.53. The van der Waals surface area contributed by atoms with Crippen molar-refractivity contribution in [1.29, 1.82) is 0 Å². The zero-order valence-corrected chi connectivity index (χ0v) is 15.0. The van der Waals surface area contributed by atoms with Gasteiger partial charge in [-0.2, -0.15) is 0 Å². The molecule has 3 rings (SSSR count). The first-order chi connectivity index (χ1) is 11.2. The minimum atomic E-state index is 0.759. The summed E-state index contributed by atoms with van der Waals surface area (Å²) >= 11 is 2.04. The van der Waals surface area contributed by atoms with Gasteiger partial charge in [0.05, 0.1) is 12.1 Å². The van der Waals surface area contributed by atoms with Gasteiger partial charge in [0.25, 0.3) is 0 Å². The van der Waals surface area contributed by atoms with Gasteiger partial charge in [-0.25, -0.2) is 4.98 Å². The highest BCUT2D eigenvalue weighted by atomic mass is 32.2. The third-order valence-electron chi connectivity index (χ3n) is 4.34. The van der Waals surface area contributed by atoms with Gasteiger partial charge in [0, 0.05) is 29.6 Å². The van der Waals surface area contributed by atoms with Crippen LogP contribution >= 0.6 is 11.8 Å². The van der Waals surface area contributed by atoms with Crippen molar-refractivity contribution in [3.05, 3.63) is 35.4 Å². The molecule has 0 radical (unpaired) electrons. The average Bonchev–Trinajstić information content (AvgIpc) is 3.05. The predicted molar refractivity (Wildman–Crippen MR) is 99.5 cm³/mol. The molecule has 4 heteroatoms. The summed E-state index contributed by atoms with van der Waals surface area (Å²) in [5, 5.41) is 1.22. The third kappa shape index (κ3) is 4.61. The van der Waals surface area contributed by atoms with E-state index in [2.05, 4.69) is 48.0 Å². The van der Waals surface area contributed by atoms with Crippen molar-refractivity contribution < 1.29 is 4.74 Å². The highest BCUT2D eigenvalue weighted by Gasteiger charge is 2.10. The van der Waals surface area contributed by atoms with Crippen LogP contribution in [0.15, 0.2) is 24.3 Å². The standard InChI is InChI=1S/C19H26N2OS/c1-15-6-7-18-17(12-15)16(2)13-19(20-18)22-10-5-3-4-8-21-9-11-23-14-21/h6-7,12-13H,3-5,8-11,14H2,1-2H3. The molecular weight excluding hydrogens is 304 g/mol. The maximum absolute atomic E-state index is 5.87. The van der Waals surface area contributed by atoms with E-state index in [-0.39, 0.29) is 0 Å². The Morgan fingerprint density at radius 2 is 2.09 bits per heavy atom. The quantitative estimate of drug-likeness (QED) is 0.702. The first-order valence-corrected chi connectivity index (χ1v) is 9.69. The molecule has 2 aromatic rings. The maximum Gasteiger partial charge on any atom is 0.214 e. The van der Waals surface area contributed by atoms with E-state index in [1.54, 1.807) is 0 Å². The van der Waals surface area contributed by atoms with Gasteiger partial charge >= 0.3 is 0 Å². The lowest BCUT2D eigenvalue weighted by atomic mass is 10.1. The smallest absolute Gasteiger partial charge is 0.214 e. The minimum absolute atomic E-state index is 0.759. The SMILES string of the molecule is Cc1ccc2nc(OCCCCCN3CCSC3)cc(C)c2c1. The Balaban J connectivity index is 1.44. The van der Waals surface area contributed by atoms with Crippen LogP contribution in [0.25, 0.3) is 10.9 Å². The number of thioether (sulfide) groups is 1. The normalized spacial score (nSPS) is 15.4. The van der Waals surface area contributed by atoms with Crippen molar-refractivity contribution in [2.45, 2.75) is 33.1 Å². The van der Waals surface area contributed by atoms with Crippen LogP contribution in [-0.4, -0.2) is 41.2 Å². The van der Waals surface area contributed by atoms with Crippen molar-refractivity contribution in [3.63, 3.8) is 0 Å². The van der Waals surface area contributed by atoms with Gasteiger partial charge in [-0.3, -0.25) is 4.90 Å². The van der Waals surface area contributed by atoms with E-state index < -0.39 is 0 Å². The van der Waals surface area contributed by atoms with Crippen LogP contribution in [-0.2, 0) is 0 Å². The number of pyridine rings is 1. The summed E-state index contributed by atoms with van der Waals surface area (Å²) < 4.78 is 5.87. The van der Waals surface area contributed by atoms with Crippen LogP contribution in [0.4, 0.5) is 0 Å². The molecule has 0 bridgehead atoms. The second-order valence-corrected chi connectivity index (χ2v) is 7.44. The number of unbranched alkanes of at least 4 members (excludes halogenated alkanes) is 2. The van der Waals surface area contributed by atoms with Gasteiger partial charge in [0.15, 0.2) is 0 Å². The fourth-order valence-electron chi connectivity index (χ4n) is 2.97. The highest BCUT2D eigenvalue weighted by molar-refractivity contribution is 7.99. The minimum Gasteiger partial charge on any atom is -0.478 e. The van der Waals surface area contributed by atoms with E-state index in [0.29, 0.717) is 0 Å². The van der Waals surface area contributed by atoms with Gasteiger partial charge in [-0.05, 0) is 57.4 Å². The molecule has 2 heterocycles. The molecule has 3 nitrogen and oxygen atoms in total. The molecule has 1 aliphatic rings. The molecule has 0 amide bonds. The van der Waals surface area contributed by atoms with Crippen LogP contribution in [0.5, 0.6) is 5.88 Å². The summed E-state index contributed by atoms with van der Waals surface area (Å²) in [4.78, 5) is 7.17. The zero-order chi connectivity index (χ0) is 16.1.